The summed E-state index contributed by atoms with van der Waals surface area (Å²) in [6.07, 6.45) is 2.09. The SMILES string of the molecule is CCOc1ccc(/C=C2\SC(N3CC(C)OC(C)C3)=NC2=O)c(OCC)c1. The Kier molecular flexibility index (Phi) is 6.44. The van der Waals surface area contributed by atoms with Crippen molar-refractivity contribution in [1.82, 2.24) is 4.90 Å². The van der Waals surface area contributed by atoms with Gasteiger partial charge in [0.05, 0.1) is 30.3 Å². The molecule has 0 spiro atoms. The minimum Gasteiger partial charge on any atom is -0.494 e. The normalized spacial score (nSPS) is 24.3. The standard InChI is InChI=1S/C20H26N2O4S/c1-5-24-16-8-7-15(17(10-16)25-6-2)9-18-19(23)21-20(27-18)22-11-13(3)26-14(4)12-22/h7-10,13-14H,5-6,11-12H2,1-4H3/b18-9-. The quantitative estimate of drug-likeness (QED) is 0.717. The van der Waals surface area contributed by atoms with Gasteiger partial charge in [0.25, 0.3) is 5.91 Å². The molecular formula is C20H26N2O4S. The van der Waals surface area contributed by atoms with Crippen LogP contribution in [0.5, 0.6) is 11.5 Å². The van der Waals surface area contributed by atoms with Gasteiger partial charge in [-0.05, 0) is 57.7 Å². The Morgan fingerprint density at radius 1 is 1.22 bits per heavy atom. The number of amidine groups is 1. The Hall–Kier alpha value is -1.99. The number of rotatable bonds is 5. The molecule has 2 unspecified atom stereocenters. The third-order valence-corrected chi connectivity index (χ3v) is 5.23. The molecule has 1 fully saturated rings. The second kappa shape index (κ2) is 8.80. The van der Waals surface area contributed by atoms with Crippen molar-refractivity contribution in [2.75, 3.05) is 26.3 Å². The molecule has 0 radical (unpaired) electrons. The van der Waals surface area contributed by atoms with Gasteiger partial charge in [-0.2, -0.15) is 4.99 Å². The summed E-state index contributed by atoms with van der Waals surface area (Å²) in [6.45, 7) is 10.6. The van der Waals surface area contributed by atoms with E-state index in [1.165, 1.54) is 11.8 Å². The number of carbonyl (C=O) groups is 1. The van der Waals surface area contributed by atoms with Crippen LogP contribution in [0.25, 0.3) is 6.08 Å². The fourth-order valence-corrected chi connectivity index (χ4v) is 4.10. The van der Waals surface area contributed by atoms with E-state index >= 15 is 0 Å². The lowest BCUT2D eigenvalue weighted by atomic mass is 10.1. The van der Waals surface area contributed by atoms with Crippen molar-refractivity contribution < 1.29 is 19.0 Å². The maximum Gasteiger partial charge on any atom is 0.286 e. The van der Waals surface area contributed by atoms with E-state index in [0.29, 0.717) is 23.9 Å². The van der Waals surface area contributed by atoms with E-state index in [1.807, 2.05) is 52.0 Å². The molecule has 0 saturated carbocycles. The molecule has 146 valence electrons. The number of ether oxygens (including phenoxy) is 3. The van der Waals surface area contributed by atoms with Crippen molar-refractivity contribution in [3.8, 4) is 11.5 Å². The third-order valence-electron chi connectivity index (χ3n) is 4.18. The number of benzene rings is 1. The molecule has 1 amide bonds. The van der Waals surface area contributed by atoms with Crippen molar-refractivity contribution in [2.24, 2.45) is 4.99 Å². The van der Waals surface area contributed by atoms with Crippen molar-refractivity contribution in [3.63, 3.8) is 0 Å². The van der Waals surface area contributed by atoms with Gasteiger partial charge in [-0.15, -0.1) is 0 Å². The number of morpholine rings is 1. The number of carbonyl (C=O) groups excluding carboxylic acids is 1. The van der Waals surface area contributed by atoms with Gasteiger partial charge in [0.2, 0.25) is 0 Å². The molecule has 0 aromatic heterocycles. The van der Waals surface area contributed by atoms with E-state index in [9.17, 15) is 4.79 Å². The van der Waals surface area contributed by atoms with Crippen LogP contribution in [0.1, 0.15) is 33.3 Å². The average Bonchev–Trinajstić information content (AvgIpc) is 2.98. The van der Waals surface area contributed by atoms with Crippen LogP contribution in [0.3, 0.4) is 0 Å². The summed E-state index contributed by atoms with van der Waals surface area (Å²) in [4.78, 5) is 19.4. The third kappa shape index (κ3) is 4.84. The highest BCUT2D eigenvalue weighted by atomic mass is 32.2. The van der Waals surface area contributed by atoms with Crippen LogP contribution in [0.15, 0.2) is 28.1 Å². The molecule has 1 aromatic carbocycles. The summed E-state index contributed by atoms with van der Waals surface area (Å²) in [5.41, 5.74) is 0.844. The van der Waals surface area contributed by atoms with Crippen LogP contribution in [0, 0.1) is 0 Å². The molecular weight excluding hydrogens is 364 g/mol. The first-order chi connectivity index (χ1) is 13.0. The first kappa shape index (κ1) is 19.8. The molecule has 0 N–H and O–H groups in total. The van der Waals surface area contributed by atoms with E-state index in [4.69, 9.17) is 14.2 Å². The monoisotopic (exact) mass is 390 g/mol. The maximum absolute atomic E-state index is 12.4. The number of hydrogen-bond acceptors (Lipinski definition) is 6. The van der Waals surface area contributed by atoms with Crippen molar-refractivity contribution in [2.45, 2.75) is 39.9 Å². The Morgan fingerprint density at radius 2 is 1.93 bits per heavy atom. The van der Waals surface area contributed by atoms with E-state index < -0.39 is 0 Å². The largest absolute Gasteiger partial charge is 0.494 e. The lowest BCUT2D eigenvalue weighted by molar-refractivity contribution is -0.113. The number of nitrogens with zero attached hydrogens (tertiary/aromatic N) is 2. The lowest BCUT2D eigenvalue weighted by Gasteiger charge is -2.35. The van der Waals surface area contributed by atoms with Gasteiger partial charge in [0, 0.05) is 24.7 Å². The summed E-state index contributed by atoms with van der Waals surface area (Å²) < 4.78 is 17.0. The number of thioether (sulfide) groups is 1. The molecule has 3 rings (SSSR count). The van der Waals surface area contributed by atoms with Crippen molar-refractivity contribution >= 4 is 28.9 Å². The van der Waals surface area contributed by atoms with E-state index in [0.717, 1.165) is 29.6 Å². The summed E-state index contributed by atoms with van der Waals surface area (Å²) in [6, 6.07) is 5.65. The first-order valence-corrected chi connectivity index (χ1v) is 10.1. The molecule has 6 nitrogen and oxygen atoms in total. The van der Waals surface area contributed by atoms with Gasteiger partial charge in [0.1, 0.15) is 11.5 Å². The van der Waals surface area contributed by atoms with Gasteiger partial charge in [-0.3, -0.25) is 4.79 Å². The summed E-state index contributed by atoms with van der Waals surface area (Å²) in [7, 11) is 0. The molecule has 1 saturated heterocycles. The molecule has 2 aliphatic heterocycles. The van der Waals surface area contributed by atoms with E-state index in [-0.39, 0.29) is 18.1 Å². The van der Waals surface area contributed by atoms with E-state index in [2.05, 4.69) is 9.89 Å². The molecule has 2 heterocycles. The highest BCUT2D eigenvalue weighted by Crippen LogP contribution is 2.34. The minimum atomic E-state index is -0.210. The Balaban J connectivity index is 1.79. The Bertz CT molecular complexity index is 752. The zero-order chi connectivity index (χ0) is 19.4. The molecule has 1 aromatic rings. The van der Waals surface area contributed by atoms with Crippen LogP contribution < -0.4 is 9.47 Å². The van der Waals surface area contributed by atoms with Gasteiger partial charge < -0.3 is 19.1 Å². The Labute approximate surface area is 164 Å². The fourth-order valence-electron chi connectivity index (χ4n) is 3.18. The first-order valence-electron chi connectivity index (χ1n) is 9.32. The molecule has 2 atom stereocenters. The fraction of sp³-hybridized carbons (Fsp3) is 0.500. The molecule has 0 aliphatic carbocycles. The minimum absolute atomic E-state index is 0.121. The predicted octanol–water partition coefficient (Wildman–Crippen LogP) is 3.56. The van der Waals surface area contributed by atoms with Gasteiger partial charge >= 0.3 is 0 Å². The Morgan fingerprint density at radius 3 is 2.59 bits per heavy atom. The maximum atomic E-state index is 12.4. The molecule has 7 heteroatoms. The number of amides is 1. The van der Waals surface area contributed by atoms with Gasteiger partial charge in [-0.25, -0.2) is 0 Å². The van der Waals surface area contributed by atoms with Crippen LogP contribution >= 0.6 is 11.8 Å². The predicted molar refractivity (Wildman–Crippen MR) is 108 cm³/mol. The zero-order valence-electron chi connectivity index (χ0n) is 16.2. The van der Waals surface area contributed by atoms with Crippen molar-refractivity contribution in [1.29, 1.82) is 0 Å². The van der Waals surface area contributed by atoms with Crippen LogP contribution in [-0.2, 0) is 9.53 Å². The highest BCUT2D eigenvalue weighted by molar-refractivity contribution is 8.18. The smallest absolute Gasteiger partial charge is 0.286 e. The molecule has 2 aliphatic rings. The van der Waals surface area contributed by atoms with Gasteiger partial charge in [0.15, 0.2) is 5.17 Å². The molecule has 0 bridgehead atoms. The summed E-state index contributed by atoms with van der Waals surface area (Å²) >= 11 is 1.41. The number of aliphatic imine (C=N–C) groups is 1. The summed E-state index contributed by atoms with van der Waals surface area (Å²) in [5, 5.41) is 0.747. The molecule has 27 heavy (non-hydrogen) atoms. The number of hydrogen-bond donors (Lipinski definition) is 0. The zero-order valence-corrected chi connectivity index (χ0v) is 17.0. The van der Waals surface area contributed by atoms with Crippen LogP contribution in [0.4, 0.5) is 0 Å². The van der Waals surface area contributed by atoms with E-state index in [1.54, 1.807) is 0 Å². The lowest BCUT2D eigenvalue weighted by Crippen LogP contribution is -2.47. The highest BCUT2D eigenvalue weighted by Gasteiger charge is 2.31. The van der Waals surface area contributed by atoms with Crippen LogP contribution in [0.2, 0.25) is 0 Å². The topological polar surface area (TPSA) is 60.4 Å². The average molecular weight is 391 g/mol. The second-order valence-corrected chi connectivity index (χ2v) is 7.55. The summed E-state index contributed by atoms with van der Waals surface area (Å²) in [5.74, 6) is 1.24. The van der Waals surface area contributed by atoms with Gasteiger partial charge in [-0.1, -0.05) is 0 Å². The van der Waals surface area contributed by atoms with Crippen LogP contribution in [-0.4, -0.2) is 54.5 Å². The second-order valence-electron chi connectivity index (χ2n) is 6.54. The van der Waals surface area contributed by atoms with Crippen molar-refractivity contribution in [3.05, 3.63) is 28.7 Å².